The zero-order chi connectivity index (χ0) is 10.8. The Morgan fingerprint density at radius 1 is 1.47 bits per heavy atom. The molecule has 78 valence electrons. The lowest BCUT2D eigenvalue weighted by molar-refractivity contribution is -0.110. The molecule has 0 radical (unpaired) electrons. The van der Waals surface area contributed by atoms with Crippen molar-refractivity contribution in [3.8, 4) is 0 Å². The van der Waals surface area contributed by atoms with Gasteiger partial charge in [0.25, 0.3) is 5.91 Å². The fourth-order valence-corrected chi connectivity index (χ4v) is 1.59. The van der Waals surface area contributed by atoms with E-state index in [0.717, 1.165) is 16.8 Å². The van der Waals surface area contributed by atoms with E-state index in [0.29, 0.717) is 12.2 Å². The van der Waals surface area contributed by atoms with Gasteiger partial charge in [0.1, 0.15) is 0 Å². The summed E-state index contributed by atoms with van der Waals surface area (Å²) in [5, 5.41) is 2.80. The minimum Gasteiger partial charge on any atom is -0.501 e. The van der Waals surface area contributed by atoms with Gasteiger partial charge in [-0.05, 0) is 26.0 Å². The number of hydrogen-bond acceptors (Lipinski definition) is 2. The molecule has 0 fully saturated rings. The minimum absolute atomic E-state index is 0.0935. The van der Waals surface area contributed by atoms with E-state index in [1.807, 2.05) is 32.0 Å². The van der Waals surface area contributed by atoms with Gasteiger partial charge in [-0.3, -0.25) is 4.79 Å². The molecule has 3 heteroatoms. The van der Waals surface area contributed by atoms with Gasteiger partial charge in [0.2, 0.25) is 0 Å². The Bertz CT molecular complexity index is 435. The molecule has 2 rings (SSSR count). The number of ether oxygens (including phenoxy) is 1. The first kappa shape index (κ1) is 9.77. The maximum atomic E-state index is 11.6. The molecule has 0 bridgehead atoms. The van der Waals surface area contributed by atoms with E-state index in [9.17, 15) is 4.79 Å². The highest BCUT2D eigenvalue weighted by Gasteiger charge is 2.24. The third-order valence-electron chi connectivity index (χ3n) is 2.33. The summed E-state index contributed by atoms with van der Waals surface area (Å²) >= 11 is 0. The topological polar surface area (TPSA) is 38.3 Å². The number of carbonyl (C=O) groups excluding carboxylic acids is 1. The van der Waals surface area contributed by atoms with Crippen LogP contribution in [0, 0.1) is 6.92 Å². The molecule has 0 aromatic heterocycles. The lowest BCUT2D eigenvalue weighted by Gasteiger charge is -2.00. The second-order valence-corrected chi connectivity index (χ2v) is 3.49. The van der Waals surface area contributed by atoms with E-state index in [-0.39, 0.29) is 5.91 Å². The second-order valence-electron chi connectivity index (χ2n) is 3.49. The molecule has 1 aliphatic rings. The number of hydrogen-bond donors (Lipinski definition) is 1. The second kappa shape index (κ2) is 3.77. The van der Waals surface area contributed by atoms with Crippen molar-refractivity contribution < 1.29 is 9.53 Å². The van der Waals surface area contributed by atoms with Crippen molar-refractivity contribution in [2.75, 3.05) is 11.9 Å². The predicted molar refractivity (Wildman–Crippen MR) is 59.4 cm³/mol. The lowest BCUT2D eigenvalue weighted by atomic mass is 10.1. The molecule has 3 nitrogen and oxygen atoms in total. The van der Waals surface area contributed by atoms with Gasteiger partial charge >= 0.3 is 0 Å². The molecule has 1 N–H and O–H groups in total. The molecule has 0 unspecified atom stereocenters. The van der Waals surface area contributed by atoms with Gasteiger partial charge in [0.05, 0.1) is 18.4 Å². The van der Waals surface area contributed by atoms with E-state index in [1.54, 1.807) is 0 Å². The van der Waals surface area contributed by atoms with Gasteiger partial charge in [0.15, 0.2) is 0 Å². The van der Waals surface area contributed by atoms with Crippen molar-refractivity contribution in [2.45, 2.75) is 13.8 Å². The molecule has 0 spiro atoms. The molecular weight excluding hydrogens is 190 g/mol. The molecule has 0 saturated heterocycles. The Hall–Kier alpha value is -1.77. The highest BCUT2D eigenvalue weighted by atomic mass is 16.5. The predicted octanol–water partition coefficient (Wildman–Crippen LogP) is 2.32. The molecule has 0 aliphatic carbocycles. The van der Waals surface area contributed by atoms with Crippen molar-refractivity contribution in [2.24, 2.45) is 0 Å². The highest BCUT2D eigenvalue weighted by molar-refractivity contribution is 6.31. The van der Waals surface area contributed by atoms with Crippen LogP contribution in [0.5, 0.6) is 0 Å². The molecule has 1 amide bonds. The van der Waals surface area contributed by atoms with Crippen LogP contribution in [0.2, 0.25) is 0 Å². The van der Waals surface area contributed by atoms with E-state index in [4.69, 9.17) is 4.74 Å². The number of fused-ring (bicyclic) bond motifs is 1. The maximum Gasteiger partial charge on any atom is 0.259 e. The SMILES string of the molecule is CCO/C=C1/C(=O)Nc2ccc(C)cc21. The van der Waals surface area contributed by atoms with E-state index in [2.05, 4.69) is 5.32 Å². The molecule has 15 heavy (non-hydrogen) atoms. The van der Waals surface area contributed by atoms with Crippen LogP contribution in [0.3, 0.4) is 0 Å². The van der Waals surface area contributed by atoms with E-state index < -0.39 is 0 Å². The average molecular weight is 203 g/mol. The smallest absolute Gasteiger partial charge is 0.259 e. The monoisotopic (exact) mass is 203 g/mol. The summed E-state index contributed by atoms with van der Waals surface area (Å²) in [6.07, 6.45) is 1.53. The minimum atomic E-state index is -0.0935. The number of benzene rings is 1. The van der Waals surface area contributed by atoms with Crippen LogP contribution in [0.4, 0.5) is 5.69 Å². The van der Waals surface area contributed by atoms with Crippen LogP contribution in [0.15, 0.2) is 24.5 Å². The molecule has 1 aromatic carbocycles. The molecule has 1 aliphatic heterocycles. The lowest BCUT2D eigenvalue weighted by Crippen LogP contribution is -2.04. The molecule has 0 atom stereocenters. The first-order valence-electron chi connectivity index (χ1n) is 4.96. The summed E-state index contributed by atoms with van der Waals surface area (Å²) in [5.74, 6) is -0.0935. The van der Waals surface area contributed by atoms with Gasteiger partial charge in [-0.1, -0.05) is 11.6 Å². The molecule has 1 aromatic rings. The van der Waals surface area contributed by atoms with Gasteiger partial charge in [0, 0.05) is 11.3 Å². The van der Waals surface area contributed by atoms with Gasteiger partial charge in [-0.15, -0.1) is 0 Å². The largest absolute Gasteiger partial charge is 0.501 e. The Morgan fingerprint density at radius 2 is 2.27 bits per heavy atom. The number of carbonyl (C=O) groups is 1. The van der Waals surface area contributed by atoms with Crippen LogP contribution >= 0.6 is 0 Å². The first-order chi connectivity index (χ1) is 7.22. The van der Waals surface area contributed by atoms with Crippen LogP contribution in [0.25, 0.3) is 5.57 Å². The average Bonchev–Trinajstić information content (AvgIpc) is 2.51. The standard InChI is InChI=1S/C12H13NO2/c1-3-15-7-10-9-6-8(2)4-5-11(9)13-12(10)14/h4-7H,3H2,1-2H3,(H,13,14)/b10-7+. The zero-order valence-corrected chi connectivity index (χ0v) is 8.83. The number of anilines is 1. The number of nitrogens with one attached hydrogen (secondary N) is 1. The Kier molecular flexibility index (Phi) is 2.46. The quantitative estimate of drug-likeness (QED) is 0.591. The van der Waals surface area contributed by atoms with Crippen molar-refractivity contribution in [1.82, 2.24) is 0 Å². The van der Waals surface area contributed by atoms with E-state index >= 15 is 0 Å². The van der Waals surface area contributed by atoms with Crippen LogP contribution in [-0.2, 0) is 9.53 Å². The van der Waals surface area contributed by atoms with Crippen LogP contribution in [0.1, 0.15) is 18.1 Å². The zero-order valence-electron chi connectivity index (χ0n) is 8.83. The number of amides is 1. The van der Waals surface area contributed by atoms with Crippen molar-refractivity contribution in [3.05, 3.63) is 35.6 Å². The van der Waals surface area contributed by atoms with Gasteiger partial charge < -0.3 is 10.1 Å². The summed E-state index contributed by atoms with van der Waals surface area (Å²) in [5.41, 5.74) is 3.52. The first-order valence-corrected chi connectivity index (χ1v) is 4.96. The fraction of sp³-hybridized carbons (Fsp3) is 0.250. The number of aryl methyl sites for hydroxylation is 1. The molecule has 1 heterocycles. The number of rotatable bonds is 2. The Balaban J connectivity index is 2.44. The fourth-order valence-electron chi connectivity index (χ4n) is 1.59. The van der Waals surface area contributed by atoms with Crippen molar-refractivity contribution in [3.63, 3.8) is 0 Å². The van der Waals surface area contributed by atoms with Gasteiger partial charge in [-0.2, -0.15) is 0 Å². The normalized spacial score (nSPS) is 16.4. The Labute approximate surface area is 88.8 Å². The van der Waals surface area contributed by atoms with Crippen molar-refractivity contribution in [1.29, 1.82) is 0 Å². The summed E-state index contributed by atoms with van der Waals surface area (Å²) in [6.45, 7) is 4.46. The highest BCUT2D eigenvalue weighted by Crippen LogP contribution is 2.32. The van der Waals surface area contributed by atoms with Crippen molar-refractivity contribution >= 4 is 17.2 Å². The maximum absolute atomic E-state index is 11.6. The summed E-state index contributed by atoms with van der Waals surface area (Å²) in [7, 11) is 0. The van der Waals surface area contributed by atoms with Crippen LogP contribution < -0.4 is 5.32 Å². The summed E-state index contributed by atoms with van der Waals surface area (Å²) < 4.78 is 5.16. The summed E-state index contributed by atoms with van der Waals surface area (Å²) in [4.78, 5) is 11.6. The Morgan fingerprint density at radius 3 is 3.00 bits per heavy atom. The van der Waals surface area contributed by atoms with Crippen LogP contribution in [-0.4, -0.2) is 12.5 Å². The molecular formula is C12H13NO2. The molecule has 0 saturated carbocycles. The third kappa shape index (κ3) is 1.73. The van der Waals surface area contributed by atoms with E-state index in [1.165, 1.54) is 6.26 Å². The third-order valence-corrected chi connectivity index (χ3v) is 2.33. The van der Waals surface area contributed by atoms with Gasteiger partial charge in [-0.25, -0.2) is 0 Å². The summed E-state index contributed by atoms with van der Waals surface area (Å²) in [6, 6.07) is 5.87.